The Bertz CT molecular complexity index is 1160. The van der Waals surface area contributed by atoms with E-state index in [1.807, 2.05) is 25.2 Å². The molecule has 1 aromatic heterocycles. The van der Waals surface area contributed by atoms with Gasteiger partial charge in [0.1, 0.15) is 6.04 Å². The predicted octanol–water partition coefficient (Wildman–Crippen LogP) is 1.13. The van der Waals surface area contributed by atoms with Crippen molar-refractivity contribution in [2.24, 2.45) is 7.05 Å². The fraction of sp³-hybridized carbons (Fsp3) is 0.545. The summed E-state index contributed by atoms with van der Waals surface area (Å²) >= 11 is 0. The molecule has 1 aromatic carbocycles. The lowest BCUT2D eigenvalue weighted by atomic mass is 10.0. The minimum Gasteiger partial charge on any atom is -0.475 e. The molecule has 10 nitrogen and oxygen atoms in total. The van der Waals surface area contributed by atoms with Crippen LogP contribution in [0.1, 0.15) is 37.3 Å². The van der Waals surface area contributed by atoms with Gasteiger partial charge in [-0.25, -0.2) is 9.59 Å². The summed E-state index contributed by atoms with van der Waals surface area (Å²) in [6.45, 7) is 2.96. The van der Waals surface area contributed by atoms with Gasteiger partial charge < -0.3 is 10.4 Å². The summed E-state index contributed by atoms with van der Waals surface area (Å²) in [7, 11) is 3.75. The van der Waals surface area contributed by atoms with Crippen LogP contribution in [0.25, 0.3) is 11.0 Å². The van der Waals surface area contributed by atoms with Crippen LogP contribution in [-0.4, -0.2) is 69.3 Å². The maximum absolute atomic E-state index is 12.8. The number of aliphatic carboxylic acids is 1. The zero-order chi connectivity index (χ0) is 25.9. The summed E-state index contributed by atoms with van der Waals surface area (Å²) < 4.78 is 34.9. The summed E-state index contributed by atoms with van der Waals surface area (Å²) in [4.78, 5) is 47.9. The zero-order valence-electron chi connectivity index (χ0n) is 19.4. The van der Waals surface area contributed by atoms with Crippen LogP contribution in [0.4, 0.5) is 13.2 Å². The number of fused-ring (bicyclic) bond motifs is 1. The Morgan fingerprint density at radius 2 is 1.77 bits per heavy atom. The Labute approximate surface area is 198 Å². The average Bonchev–Trinajstić information content (AvgIpc) is 3.04. The number of hydrogen-bond donors (Lipinski definition) is 3. The van der Waals surface area contributed by atoms with Gasteiger partial charge in [-0.3, -0.25) is 28.9 Å². The molecule has 3 heterocycles. The number of hydrogen-bond acceptors (Lipinski definition) is 6. The molecule has 2 aliphatic heterocycles. The van der Waals surface area contributed by atoms with E-state index in [0.717, 1.165) is 49.1 Å². The molecule has 0 saturated carbocycles. The van der Waals surface area contributed by atoms with E-state index in [-0.39, 0.29) is 18.0 Å². The van der Waals surface area contributed by atoms with Crippen LogP contribution < -0.4 is 16.3 Å². The number of carboxylic acid groups (broad SMARTS) is 1. The van der Waals surface area contributed by atoms with Crippen molar-refractivity contribution in [3.63, 3.8) is 0 Å². The van der Waals surface area contributed by atoms with Gasteiger partial charge in [-0.2, -0.15) is 13.2 Å². The first kappa shape index (κ1) is 26.4. The van der Waals surface area contributed by atoms with Gasteiger partial charge in [0.15, 0.2) is 0 Å². The number of carbonyl (C=O) groups excluding carboxylic acids is 2. The van der Waals surface area contributed by atoms with Gasteiger partial charge in [-0.05, 0) is 57.1 Å². The highest BCUT2D eigenvalue weighted by atomic mass is 19.4. The van der Waals surface area contributed by atoms with E-state index in [1.54, 1.807) is 11.6 Å². The molecule has 192 valence electrons. The molecule has 3 N–H and O–H groups in total. The monoisotopic (exact) mass is 499 g/mol. The molecule has 0 bridgehead atoms. The van der Waals surface area contributed by atoms with E-state index < -0.39 is 24.1 Å². The van der Waals surface area contributed by atoms with Crippen LogP contribution in [0.2, 0.25) is 0 Å². The number of carboxylic acids is 1. The number of aromatic nitrogens is 2. The van der Waals surface area contributed by atoms with Crippen LogP contribution in [0.15, 0.2) is 23.0 Å². The molecule has 13 heteroatoms. The molecule has 2 amide bonds. The molecule has 0 aliphatic carbocycles. The Balaban J connectivity index is 0.000000429. The van der Waals surface area contributed by atoms with Gasteiger partial charge in [0, 0.05) is 26.1 Å². The first-order valence-electron chi connectivity index (χ1n) is 11.2. The number of amides is 2. The highest BCUT2D eigenvalue weighted by molar-refractivity contribution is 6.00. The van der Waals surface area contributed by atoms with Crippen molar-refractivity contribution in [1.29, 1.82) is 0 Å². The Morgan fingerprint density at radius 3 is 2.31 bits per heavy atom. The van der Waals surface area contributed by atoms with E-state index in [4.69, 9.17) is 9.90 Å². The third-order valence-electron chi connectivity index (χ3n) is 6.32. The van der Waals surface area contributed by atoms with Crippen LogP contribution in [0.5, 0.6) is 0 Å². The number of likely N-dealkylation sites (tertiary alicyclic amines) is 1. The highest BCUT2D eigenvalue weighted by Gasteiger charge is 2.38. The number of imidazole rings is 1. The summed E-state index contributed by atoms with van der Waals surface area (Å²) in [5.74, 6) is -3.44. The number of carbonyl (C=O) groups is 3. The van der Waals surface area contributed by atoms with E-state index in [9.17, 15) is 27.6 Å². The lowest BCUT2D eigenvalue weighted by molar-refractivity contribution is -0.192. The van der Waals surface area contributed by atoms with Crippen LogP contribution in [0, 0.1) is 0 Å². The SMILES string of the molecule is CNC1CCN(Cc2ccc3c(c2)n(C)c(=O)n3C2CCC(=O)NC2=O)CC1.O=C(O)C(F)(F)F. The maximum atomic E-state index is 12.8. The molecule has 35 heavy (non-hydrogen) atoms. The second kappa shape index (κ2) is 10.6. The summed E-state index contributed by atoms with van der Waals surface area (Å²) in [6.07, 6.45) is -2.20. The summed E-state index contributed by atoms with van der Waals surface area (Å²) in [5.41, 5.74) is 2.49. The molecule has 2 fully saturated rings. The van der Waals surface area contributed by atoms with Crippen LogP contribution in [-0.2, 0) is 28.0 Å². The number of imide groups is 1. The van der Waals surface area contributed by atoms with Gasteiger partial charge in [-0.15, -0.1) is 0 Å². The lowest BCUT2D eigenvalue weighted by Gasteiger charge is -2.31. The minimum atomic E-state index is -5.08. The van der Waals surface area contributed by atoms with Crippen molar-refractivity contribution >= 4 is 28.8 Å². The number of piperidine rings is 2. The number of nitrogens with one attached hydrogen (secondary N) is 2. The van der Waals surface area contributed by atoms with Crippen molar-refractivity contribution in [1.82, 2.24) is 24.7 Å². The number of alkyl halides is 3. The lowest BCUT2D eigenvalue weighted by Crippen LogP contribution is -2.44. The number of aryl methyl sites for hydroxylation is 1. The number of nitrogens with zero attached hydrogens (tertiary/aromatic N) is 3. The number of benzene rings is 1. The van der Waals surface area contributed by atoms with E-state index in [0.29, 0.717) is 12.5 Å². The molecule has 2 aliphatic rings. The van der Waals surface area contributed by atoms with Crippen LogP contribution in [0.3, 0.4) is 0 Å². The Hall–Kier alpha value is -3.19. The largest absolute Gasteiger partial charge is 0.490 e. The van der Waals surface area contributed by atoms with Crippen molar-refractivity contribution < 1.29 is 32.7 Å². The van der Waals surface area contributed by atoms with Gasteiger partial charge >= 0.3 is 17.8 Å². The van der Waals surface area contributed by atoms with Crippen molar-refractivity contribution in [2.45, 2.75) is 50.5 Å². The van der Waals surface area contributed by atoms with Gasteiger partial charge in [0.25, 0.3) is 0 Å². The highest BCUT2D eigenvalue weighted by Crippen LogP contribution is 2.24. The number of halogens is 3. The second-order valence-electron chi connectivity index (χ2n) is 8.64. The van der Waals surface area contributed by atoms with E-state index >= 15 is 0 Å². The third kappa shape index (κ3) is 6.09. The van der Waals surface area contributed by atoms with Crippen molar-refractivity contribution in [2.75, 3.05) is 20.1 Å². The first-order valence-corrected chi connectivity index (χ1v) is 11.2. The zero-order valence-corrected chi connectivity index (χ0v) is 19.4. The molecular formula is C22H28F3N5O5. The quantitative estimate of drug-likeness (QED) is 0.539. The standard InChI is InChI=1S/C20H27N5O3.C2HF3O2/c1-21-14-7-9-24(10-8-14)12-13-3-4-15-17(11-13)23(2)20(28)25(15)16-5-6-18(26)22-19(16)27;3-2(4,5)1(6)7/h3-4,11,14,16,21H,5-10,12H2,1-2H3,(H,22,26,27);(H,6,7). The fourth-order valence-corrected chi connectivity index (χ4v) is 4.38. The van der Waals surface area contributed by atoms with Crippen molar-refractivity contribution in [3.05, 3.63) is 34.2 Å². The summed E-state index contributed by atoms with van der Waals surface area (Å²) in [5, 5.41) is 12.8. The summed E-state index contributed by atoms with van der Waals surface area (Å²) in [6, 6.07) is 5.97. The van der Waals surface area contributed by atoms with E-state index in [1.165, 1.54) is 4.57 Å². The Morgan fingerprint density at radius 1 is 1.14 bits per heavy atom. The topological polar surface area (TPSA) is 126 Å². The molecule has 1 unspecified atom stereocenters. The second-order valence-corrected chi connectivity index (χ2v) is 8.64. The predicted molar refractivity (Wildman–Crippen MR) is 120 cm³/mol. The van der Waals surface area contributed by atoms with Gasteiger partial charge in [-0.1, -0.05) is 6.07 Å². The molecule has 2 saturated heterocycles. The van der Waals surface area contributed by atoms with Crippen LogP contribution >= 0.6 is 0 Å². The molecule has 0 spiro atoms. The molecule has 0 radical (unpaired) electrons. The molecule has 4 rings (SSSR count). The molecule has 1 atom stereocenters. The van der Waals surface area contributed by atoms with Gasteiger partial charge in [0.2, 0.25) is 11.8 Å². The van der Waals surface area contributed by atoms with Gasteiger partial charge in [0.05, 0.1) is 11.0 Å². The smallest absolute Gasteiger partial charge is 0.475 e. The normalized spacial score (nSPS) is 19.9. The first-order chi connectivity index (χ1) is 16.4. The fourth-order valence-electron chi connectivity index (χ4n) is 4.38. The third-order valence-corrected chi connectivity index (χ3v) is 6.32. The minimum absolute atomic E-state index is 0.225. The molecular weight excluding hydrogens is 471 g/mol. The van der Waals surface area contributed by atoms with Crippen molar-refractivity contribution in [3.8, 4) is 0 Å². The van der Waals surface area contributed by atoms with E-state index in [2.05, 4.69) is 15.5 Å². The average molecular weight is 499 g/mol. The molecule has 2 aromatic rings. The Kier molecular flexibility index (Phi) is 8.00. The maximum Gasteiger partial charge on any atom is 0.490 e. The number of rotatable bonds is 4.